The lowest BCUT2D eigenvalue weighted by Gasteiger charge is -2.32. The lowest BCUT2D eigenvalue weighted by atomic mass is 9.94. The molecule has 0 aliphatic carbocycles. The number of nitrogens with zero attached hydrogens (tertiary/aromatic N) is 3. The minimum Gasteiger partial charge on any atom is -0.493 e. The number of rotatable bonds is 7. The second-order valence-electron chi connectivity index (χ2n) is 8.48. The van der Waals surface area contributed by atoms with Gasteiger partial charge in [-0.2, -0.15) is 0 Å². The van der Waals surface area contributed by atoms with Gasteiger partial charge in [0.15, 0.2) is 11.5 Å². The zero-order valence-electron chi connectivity index (χ0n) is 18.9. The van der Waals surface area contributed by atoms with Crippen molar-refractivity contribution in [2.45, 2.75) is 45.3 Å². The fraction of sp³-hybridized carbons (Fsp3) is 0.400. The zero-order valence-corrected chi connectivity index (χ0v) is 18.9. The van der Waals surface area contributed by atoms with E-state index in [4.69, 9.17) is 14.5 Å². The maximum absolute atomic E-state index is 12.3. The molecular formula is C25H30N4O3. The fourth-order valence-electron chi connectivity index (χ4n) is 4.19. The lowest BCUT2D eigenvalue weighted by Crippen LogP contribution is -2.34. The minimum absolute atomic E-state index is 0.0937. The van der Waals surface area contributed by atoms with Crippen molar-refractivity contribution in [2.24, 2.45) is 0 Å². The van der Waals surface area contributed by atoms with E-state index in [0.29, 0.717) is 5.82 Å². The molecule has 1 fully saturated rings. The highest BCUT2D eigenvalue weighted by atomic mass is 16.5. The Kier molecular flexibility index (Phi) is 6.85. The van der Waals surface area contributed by atoms with Crippen LogP contribution in [-0.2, 0) is 6.54 Å². The molecule has 7 heteroatoms. The summed E-state index contributed by atoms with van der Waals surface area (Å²) in [4.78, 5) is 26.4. The molecule has 3 heterocycles. The van der Waals surface area contributed by atoms with Gasteiger partial charge in [0.25, 0.3) is 5.56 Å². The van der Waals surface area contributed by atoms with Crippen LogP contribution in [0.5, 0.6) is 11.5 Å². The first kappa shape index (κ1) is 22.0. The Morgan fingerprint density at radius 2 is 1.97 bits per heavy atom. The SMILES string of the molecule is COc1cc(CN2CCCC(c3cc(=O)[nH]c(-c4ccncc4)n3)C2)ccc1OC(C)C. The van der Waals surface area contributed by atoms with Crippen LogP contribution in [0.25, 0.3) is 11.4 Å². The number of H-pyrrole nitrogens is 1. The van der Waals surface area contributed by atoms with Gasteiger partial charge < -0.3 is 14.5 Å². The molecule has 1 aromatic carbocycles. The van der Waals surface area contributed by atoms with Crippen LogP contribution in [0.3, 0.4) is 0 Å². The molecule has 32 heavy (non-hydrogen) atoms. The van der Waals surface area contributed by atoms with E-state index in [1.165, 1.54) is 5.56 Å². The van der Waals surface area contributed by atoms with Crippen LogP contribution in [-0.4, -0.2) is 46.2 Å². The van der Waals surface area contributed by atoms with Crippen LogP contribution in [0, 0.1) is 0 Å². The highest BCUT2D eigenvalue weighted by Gasteiger charge is 2.24. The normalized spacial score (nSPS) is 16.8. The second-order valence-corrected chi connectivity index (χ2v) is 8.48. The number of aromatic amines is 1. The molecule has 1 atom stereocenters. The van der Waals surface area contributed by atoms with Crippen LogP contribution < -0.4 is 15.0 Å². The Morgan fingerprint density at radius 1 is 1.16 bits per heavy atom. The Bertz CT molecular complexity index is 1100. The summed E-state index contributed by atoms with van der Waals surface area (Å²) < 4.78 is 11.4. The predicted octanol–water partition coefficient (Wildman–Crippen LogP) is 4.01. The molecule has 168 valence electrons. The van der Waals surface area contributed by atoms with Gasteiger partial charge in [0.2, 0.25) is 0 Å². The monoisotopic (exact) mass is 434 g/mol. The summed E-state index contributed by atoms with van der Waals surface area (Å²) in [6, 6.07) is 11.5. The molecular weight excluding hydrogens is 404 g/mol. The molecule has 0 saturated carbocycles. The molecule has 1 N–H and O–H groups in total. The zero-order chi connectivity index (χ0) is 22.5. The maximum Gasteiger partial charge on any atom is 0.251 e. The number of pyridine rings is 1. The van der Waals surface area contributed by atoms with Gasteiger partial charge in [-0.3, -0.25) is 14.7 Å². The highest BCUT2D eigenvalue weighted by Crippen LogP contribution is 2.31. The smallest absolute Gasteiger partial charge is 0.251 e. The first-order chi connectivity index (χ1) is 15.5. The number of aromatic nitrogens is 3. The number of benzene rings is 1. The molecule has 0 bridgehead atoms. The molecule has 1 unspecified atom stereocenters. The van der Waals surface area contributed by atoms with Crippen LogP contribution in [0.1, 0.15) is 43.9 Å². The van der Waals surface area contributed by atoms with Gasteiger partial charge >= 0.3 is 0 Å². The van der Waals surface area contributed by atoms with Gasteiger partial charge in [-0.05, 0) is 63.1 Å². The summed E-state index contributed by atoms with van der Waals surface area (Å²) >= 11 is 0. The topological polar surface area (TPSA) is 80.3 Å². The number of nitrogens with one attached hydrogen (secondary N) is 1. The summed E-state index contributed by atoms with van der Waals surface area (Å²) in [5.74, 6) is 2.33. The Hall–Kier alpha value is -3.19. The van der Waals surface area contributed by atoms with Crippen LogP contribution in [0.15, 0.2) is 53.6 Å². The van der Waals surface area contributed by atoms with Gasteiger partial charge in [-0.25, -0.2) is 4.98 Å². The van der Waals surface area contributed by atoms with Gasteiger partial charge in [0.05, 0.1) is 18.9 Å². The van der Waals surface area contributed by atoms with E-state index >= 15 is 0 Å². The summed E-state index contributed by atoms with van der Waals surface area (Å²) in [6.45, 7) is 6.70. The van der Waals surface area contributed by atoms with E-state index in [0.717, 1.165) is 55.2 Å². The van der Waals surface area contributed by atoms with Crippen molar-refractivity contribution in [3.63, 3.8) is 0 Å². The molecule has 0 radical (unpaired) electrons. The van der Waals surface area contributed by atoms with Crippen LogP contribution in [0.2, 0.25) is 0 Å². The van der Waals surface area contributed by atoms with Crippen LogP contribution in [0.4, 0.5) is 0 Å². The van der Waals surface area contributed by atoms with E-state index in [-0.39, 0.29) is 17.6 Å². The van der Waals surface area contributed by atoms with Gasteiger partial charge in [0.1, 0.15) is 5.82 Å². The predicted molar refractivity (Wildman–Crippen MR) is 124 cm³/mol. The van der Waals surface area contributed by atoms with E-state index in [1.807, 2.05) is 38.1 Å². The third-order valence-corrected chi connectivity index (χ3v) is 5.64. The average Bonchev–Trinajstić information content (AvgIpc) is 2.80. The maximum atomic E-state index is 12.3. The largest absolute Gasteiger partial charge is 0.493 e. The minimum atomic E-state index is -0.121. The van der Waals surface area contributed by atoms with Crippen molar-refractivity contribution in [2.75, 3.05) is 20.2 Å². The van der Waals surface area contributed by atoms with Gasteiger partial charge in [-0.15, -0.1) is 0 Å². The number of hydrogen-bond acceptors (Lipinski definition) is 6. The first-order valence-electron chi connectivity index (χ1n) is 11.1. The van der Waals surface area contributed by atoms with E-state index in [2.05, 4.69) is 20.9 Å². The molecule has 0 spiro atoms. The highest BCUT2D eigenvalue weighted by molar-refractivity contribution is 5.53. The lowest BCUT2D eigenvalue weighted by molar-refractivity contribution is 0.197. The molecule has 1 saturated heterocycles. The number of methoxy groups -OCH3 is 1. The number of piperidine rings is 1. The molecule has 3 aromatic rings. The van der Waals surface area contributed by atoms with Gasteiger partial charge in [0, 0.05) is 43.0 Å². The Labute approximate surface area is 188 Å². The van der Waals surface area contributed by atoms with Crippen molar-refractivity contribution < 1.29 is 9.47 Å². The molecule has 4 rings (SSSR count). The summed E-state index contributed by atoms with van der Waals surface area (Å²) in [7, 11) is 1.67. The first-order valence-corrected chi connectivity index (χ1v) is 11.1. The molecule has 2 aromatic heterocycles. The molecule has 7 nitrogen and oxygen atoms in total. The van der Waals surface area contributed by atoms with Crippen molar-refractivity contribution in [1.82, 2.24) is 19.9 Å². The van der Waals surface area contributed by atoms with Crippen molar-refractivity contribution in [3.05, 3.63) is 70.4 Å². The molecule has 1 aliphatic rings. The molecule has 0 amide bonds. The van der Waals surface area contributed by atoms with Gasteiger partial charge in [-0.1, -0.05) is 6.07 Å². The summed E-state index contributed by atoms with van der Waals surface area (Å²) in [5.41, 5.74) is 2.77. The quantitative estimate of drug-likeness (QED) is 0.605. The van der Waals surface area contributed by atoms with Crippen molar-refractivity contribution in [1.29, 1.82) is 0 Å². The van der Waals surface area contributed by atoms with Crippen molar-refractivity contribution >= 4 is 0 Å². The Morgan fingerprint density at radius 3 is 2.72 bits per heavy atom. The number of ether oxygens (including phenoxy) is 2. The standard InChI is InChI=1S/C25H30N4O3/c1-17(2)32-22-7-6-18(13-23(22)31-3)15-29-12-4-5-20(16-29)21-14-24(30)28-25(27-21)19-8-10-26-11-9-19/h6-11,13-14,17,20H,4-5,12,15-16H2,1-3H3,(H,27,28,30). The van der Waals surface area contributed by atoms with E-state index < -0.39 is 0 Å². The summed E-state index contributed by atoms with van der Waals surface area (Å²) in [6.07, 6.45) is 5.59. The van der Waals surface area contributed by atoms with Crippen LogP contribution >= 0.6 is 0 Å². The third kappa shape index (κ3) is 5.34. The average molecular weight is 435 g/mol. The summed E-state index contributed by atoms with van der Waals surface area (Å²) in [5, 5.41) is 0. The number of hydrogen-bond donors (Lipinski definition) is 1. The molecule has 1 aliphatic heterocycles. The third-order valence-electron chi connectivity index (χ3n) is 5.64. The second kappa shape index (κ2) is 9.96. The van der Waals surface area contributed by atoms with E-state index in [9.17, 15) is 4.79 Å². The van der Waals surface area contributed by atoms with E-state index in [1.54, 1.807) is 25.6 Å². The fourth-order valence-corrected chi connectivity index (χ4v) is 4.19. The Balaban J connectivity index is 1.50. The van der Waals surface area contributed by atoms with Crippen molar-refractivity contribution in [3.8, 4) is 22.9 Å². The number of likely N-dealkylation sites (tertiary alicyclic amines) is 1.